The summed E-state index contributed by atoms with van der Waals surface area (Å²) in [6.07, 6.45) is 1.05. The molecule has 4 aliphatic rings. The molecule has 6 heterocycles. The van der Waals surface area contributed by atoms with Crippen molar-refractivity contribution in [2.45, 2.75) is 32.5 Å². The molecule has 3 aromatic rings. The Morgan fingerprint density at radius 3 is 2.68 bits per heavy atom. The summed E-state index contributed by atoms with van der Waals surface area (Å²) in [6.45, 7) is 9.34. The van der Waals surface area contributed by atoms with E-state index in [0.29, 0.717) is 11.5 Å². The van der Waals surface area contributed by atoms with Crippen LogP contribution in [-0.2, 0) is 17.8 Å². The monoisotopic (exact) mass is 477 g/mol. The highest BCUT2D eigenvalue weighted by Crippen LogP contribution is 2.44. The molecule has 0 amide bonds. The van der Waals surface area contributed by atoms with Crippen molar-refractivity contribution in [1.82, 2.24) is 24.6 Å². The Balaban J connectivity index is 1.14. The molecule has 3 saturated heterocycles. The number of anilines is 2. The fourth-order valence-electron chi connectivity index (χ4n) is 6.02. The minimum absolute atomic E-state index is 0.318. The van der Waals surface area contributed by atoms with Gasteiger partial charge >= 0.3 is 0 Å². The maximum atomic E-state index is 6.41. The molecule has 1 aromatic carbocycles. The van der Waals surface area contributed by atoms with Gasteiger partial charge in [0.1, 0.15) is 5.82 Å². The third kappa shape index (κ3) is 3.31. The standard InChI is InChI=1S/C25H28ClN7O/c1-17-3-2-4-22(27-17)31-13-25(14-31)15-32(16-25)24-29-28-23-11-30(20-7-8-34-12-20)10-18-9-19(26)5-6-21(18)33(23)24/h2-6,9,20H,7-8,10-16H2,1H3/t20-/m1/s1. The normalized spacial score (nSPS) is 23.3. The molecular formula is C25H28ClN7O. The molecule has 176 valence electrons. The van der Waals surface area contributed by atoms with Crippen LogP contribution in [-0.4, -0.2) is 70.1 Å². The van der Waals surface area contributed by atoms with Crippen LogP contribution in [0.25, 0.3) is 5.69 Å². The highest BCUT2D eigenvalue weighted by molar-refractivity contribution is 6.30. The largest absolute Gasteiger partial charge is 0.380 e. The zero-order valence-electron chi connectivity index (χ0n) is 19.3. The lowest BCUT2D eigenvalue weighted by molar-refractivity contribution is 0.133. The molecule has 2 aromatic heterocycles. The van der Waals surface area contributed by atoms with Crippen molar-refractivity contribution in [2.24, 2.45) is 5.41 Å². The highest BCUT2D eigenvalue weighted by atomic mass is 35.5. The zero-order chi connectivity index (χ0) is 22.9. The van der Waals surface area contributed by atoms with Gasteiger partial charge in [-0.1, -0.05) is 17.7 Å². The fourth-order valence-corrected chi connectivity index (χ4v) is 6.21. The molecule has 0 radical (unpaired) electrons. The van der Waals surface area contributed by atoms with Gasteiger partial charge in [-0.05, 0) is 49.2 Å². The molecule has 0 N–H and O–H groups in total. The molecule has 0 bridgehead atoms. The van der Waals surface area contributed by atoms with Gasteiger partial charge in [0, 0.05) is 61.5 Å². The minimum atomic E-state index is 0.318. The third-order valence-corrected chi connectivity index (χ3v) is 7.96. The molecule has 3 fully saturated rings. The van der Waals surface area contributed by atoms with Crippen LogP contribution >= 0.6 is 11.6 Å². The number of benzene rings is 1. The average molecular weight is 478 g/mol. The van der Waals surface area contributed by atoms with Crippen molar-refractivity contribution >= 4 is 23.4 Å². The van der Waals surface area contributed by atoms with E-state index in [2.05, 4.69) is 58.7 Å². The van der Waals surface area contributed by atoms with Crippen molar-refractivity contribution in [3.8, 4) is 5.69 Å². The number of rotatable bonds is 3. The first-order chi connectivity index (χ1) is 16.6. The van der Waals surface area contributed by atoms with Gasteiger partial charge in [0.25, 0.3) is 0 Å². The molecule has 1 spiro atoms. The lowest BCUT2D eigenvalue weighted by Crippen LogP contribution is -2.73. The van der Waals surface area contributed by atoms with Gasteiger partial charge in [-0.3, -0.25) is 9.47 Å². The minimum Gasteiger partial charge on any atom is -0.380 e. The van der Waals surface area contributed by atoms with Gasteiger partial charge in [-0.2, -0.15) is 0 Å². The van der Waals surface area contributed by atoms with Crippen LogP contribution in [0.15, 0.2) is 36.4 Å². The number of nitrogens with zero attached hydrogens (tertiary/aromatic N) is 7. The van der Waals surface area contributed by atoms with Gasteiger partial charge in [0.2, 0.25) is 5.95 Å². The molecule has 4 aliphatic heterocycles. The molecule has 7 rings (SSSR count). The number of aryl methyl sites for hydroxylation is 1. The summed E-state index contributed by atoms with van der Waals surface area (Å²) in [4.78, 5) is 11.9. The second kappa shape index (κ2) is 7.66. The molecular weight excluding hydrogens is 450 g/mol. The summed E-state index contributed by atoms with van der Waals surface area (Å²) in [5.74, 6) is 3.02. The first-order valence-corrected chi connectivity index (χ1v) is 12.4. The van der Waals surface area contributed by atoms with Crippen LogP contribution in [0.5, 0.6) is 0 Å². The van der Waals surface area contributed by atoms with Crippen molar-refractivity contribution in [3.05, 3.63) is 58.5 Å². The van der Waals surface area contributed by atoms with Crippen molar-refractivity contribution in [1.29, 1.82) is 0 Å². The van der Waals surface area contributed by atoms with Crippen LogP contribution in [0.4, 0.5) is 11.8 Å². The SMILES string of the molecule is Cc1cccc(N2CC3(C2)CN(c2nnc4n2-c2ccc(Cl)cc2CN([C@@H]2CCOC2)C4)C3)n1. The average Bonchev–Trinajstić information content (AvgIpc) is 3.40. The van der Waals surface area contributed by atoms with E-state index in [-0.39, 0.29) is 0 Å². The number of hydrogen-bond donors (Lipinski definition) is 0. The number of fused-ring (bicyclic) bond motifs is 3. The fraction of sp³-hybridized carbons (Fsp3) is 0.480. The van der Waals surface area contributed by atoms with E-state index >= 15 is 0 Å². The van der Waals surface area contributed by atoms with Crippen LogP contribution in [0.3, 0.4) is 0 Å². The van der Waals surface area contributed by atoms with E-state index in [0.717, 1.165) is 92.9 Å². The van der Waals surface area contributed by atoms with Crippen molar-refractivity contribution < 1.29 is 4.74 Å². The number of hydrogen-bond acceptors (Lipinski definition) is 7. The van der Waals surface area contributed by atoms with Crippen molar-refractivity contribution in [2.75, 3.05) is 49.2 Å². The summed E-state index contributed by atoms with van der Waals surface area (Å²) in [5, 5.41) is 10.1. The molecule has 1 atom stereocenters. The van der Waals surface area contributed by atoms with Gasteiger partial charge in [0.05, 0.1) is 18.8 Å². The van der Waals surface area contributed by atoms with Gasteiger partial charge in [0.15, 0.2) is 5.82 Å². The Kier molecular flexibility index (Phi) is 4.66. The maximum Gasteiger partial charge on any atom is 0.231 e. The number of pyridine rings is 1. The van der Waals surface area contributed by atoms with Crippen LogP contribution in [0, 0.1) is 12.3 Å². The van der Waals surface area contributed by atoms with Crippen molar-refractivity contribution in [3.63, 3.8) is 0 Å². The lowest BCUT2D eigenvalue weighted by Gasteiger charge is -2.60. The van der Waals surface area contributed by atoms with E-state index < -0.39 is 0 Å². The lowest BCUT2D eigenvalue weighted by atomic mass is 9.73. The highest BCUT2D eigenvalue weighted by Gasteiger charge is 2.53. The van der Waals surface area contributed by atoms with E-state index in [1.807, 2.05) is 19.1 Å². The quantitative estimate of drug-likeness (QED) is 0.574. The number of aromatic nitrogens is 4. The van der Waals surface area contributed by atoms with Crippen LogP contribution in [0.2, 0.25) is 5.02 Å². The second-order valence-electron chi connectivity index (χ2n) is 10.3. The Bertz CT molecular complexity index is 1240. The second-order valence-corrected chi connectivity index (χ2v) is 10.7. The Hall–Kier alpha value is -2.68. The predicted octanol–water partition coefficient (Wildman–Crippen LogP) is 3.06. The zero-order valence-corrected chi connectivity index (χ0v) is 20.1. The van der Waals surface area contributed by atoms with Crippen LogP contribution in [0.1, 0.15) is 23.5 Å². The van der Waals surface area contributed by atoms with Gasteiger partial charge in [-0.25, -0.2) is 4.98 Å². The molecule has 34 heavy (non-hydrogen) atoms. The molecule has 9 heteroatoms. The Morgan fingerprint density at radius 2 is 1.88 bits per heavy atom. The predicted molar refractivity (Wildman–Crippen MR) is 131 cm³/mol. The molecule has 8 nitrogen and oxygen atoms in total. The van der Waals surface area contributed by atoms with Gasteiger partial charge < -0.3 is 14.5 Å². The van der Waals surface area contributed by atoms with E-state index in [1.165, 1.54) is 5.56 Å². The van der Waals surface area contributed by atoms with E-state index in [1.54, 1.807) is 0 Å². The first kappa shape index (κ1) is 20.7. The topological polar surface area (TPSA) is 62.6 Å². The number of ether oxygens (including phenoxy) is 1. The summed E-state index contributed by atoms with van der Waals surface area (Å²) in [5.41, 5.74) is 3.74. The molecule has 0 unspecified atom stereocenters. The summed E-state index contributed by atoms with van der Waals surface area (Å²) >= 11 is 6.41. The van der Waals surface area contributed by atoms with E-state index in [9.17, 15) is 0 Å². The molecule has 0 saturated carbocycles. The summed E-state index contributed by atoms with van der Waals surface area (Å²) in [7, 11) is 0. The first-order valence-electron chi connectivity index (χ1n) is 12.1. The van der Waals surface area contributed by atoms with Gasteiger partial charge in [-0.15, -0.1) is 10.2 Å². The third-order valence-electron chi connectivity index (χ3n) is 7.72. The van der Waals surface area contributed by atoms with Crippen LogP contribution < -0.4 is 9.80 Å². The summed E-state index contributed by atoms with van der Waals surface area (Å²) in [6, 6.07) is 12.8. The Morgan fingerprint density at radius 1 is 1.03 bits per heavy atom. The maximum absolute atomic E-state index is 6.41. The Labute approximate surface area is 204 Å². The summed E-state index contributed by atoms with van der Waals surface area (Å²) < 4.78 is 7.94. The number of halogens is 1. The van der Waals surface area contributed by atoms with E-state index in [4.69, 9.17) is 16.3 Å². The smallest absolute Gasteiger partial charge is 0.231 e. The molecule has 0 aliphatic carbocycles.